The Morgan fingerprint density at radius 1 is 1.00 bits per heavy atom. The number of amides is 4. The number of hydrogen-bond donors (Lipinski definition) is 4. The summed E-state index contributed by atoms with van der Waals surface area (Å²) >= 11 is 0. The number of urea groups is 1. The minimum atomic E-state index is -3.50. The molecular weight excluding hydrogens is 560 g/mol. The van der Waals surface area contributed by atoms with Gasteiger partial charge >= 0.3 is 12.0 Å². The first-order valence-corrected chi connectivity index (χ1v) is 17.4. The van der Waals surface area contributed by atoms with Crippen LogP contribution in [0, 0.1) is 5.92 Å². The minimum Gasteiger partial charge on any atom is -0.480 e. The van der Waals surface area contributed by atoms with Crippen molar-refractivity contribution in [3.63, 3.8) is 0 Å². The van der Waals surface area contributed by atoms with Crippen LogP contribution in [0.4, 0.5) is 4.79 Å². The third kappa shape index (κ3) is 10.4. The molecule has 242 valence electrons. The molecule has 1 aliphatic heterocycles. The second kappa shape index (κ2) is 15.9. The molecule has 2 unspecified atom stereocenters. The fraction of sp³-hybridized carbons (Fsp3) is 0.867. The predicted molar refractivity (Wildman–Crippen MR) is 163 cm³/mol. The maximum atomic E-state index is 13.1. The smallest absolute Gasteiger partial charge is 0.326 e. The number of unbranched alkanes of at least 4 members (excludes halogenated alkanes) is 4. The van der Waals surface area contributed by atoms with Crippen LogP contribution in [0.1, 0.15) is 118 Å². The summed E-state index contributed by atoms with van der Waals surface area (Å²) in [6, 6.07) is -2.46. The van der Waals surface area contributed by atoms with Gasteiger partial charge in [0.05, 0.1) is 22.6 Å². The van der Waals surface area contributed by atoms with Crippen LogP contribution in [0.3, 0.4) is 0 Å². The van der Waals surface area contributed by atoms with Crippen molar-refractivity contribution in [1.29, 1.82) is 0 Å². The highest BCUT2D eigenvalue weighted by Crippen LogP contribution is 2.32. The third-order valence-corrected chi connectivity index (χ3v) is 11.6. The molecule has 11 nitrogen and oxygen atoms in total. The lowest BCUT2D eigenvalue weighted by atomic mass is 9.83. The Balaban J connectivity index is 1.96. The highest BCUT2D eigenvalue weighted by atomic mass is 32.2. The van der Waals surface area contributed by atoms with Crippen molar-refractivity contribution in [3.8, 4) is 0 Å². The SMILES string of the molecule is CCCCCCCC(C)C(NC(=O)[C@@H]1CCCN1C(=O)CNC(=O)NC1(CS(=O)(=O)C(C)(C)C)CCCCC1)C(=O)O. The highest BCUT2D eigenvalue weighted by molar-refractivity contribution is 7.92. The monoisotopic (exact) mass is 614 g/mol. The standard InChI is InChI=1S/C30H54N4O7S/c1-6-7-8-9-11-15-22(2)25(27(37)38)32-26(36)23-16-14-19-34(23)24(35)20-31-28(39)33-30(17-12-10-13-18-30)21-42(40,41)29(3,4)5/h22-23,25H,6-21H2,1-5H3,(H,32,36)(H,37,38)(H2,31,33,39)/t22?,23-,25?/m0/s1. The summed E-state index contributed by atoms with van der Waals surface area (Å²) in [4.78, 5) is 52.4. The van der Waals surface area contributed by atoms with Gasteiger partial charge in [0, 0.05) is 6.54 Å². The zero-order valence-electron chi connectivity index (χ0n) is 26.3. The molecule has 0 aromatic heterocycles. The van der Waals surface area contributed by atoms with Gasteiger partial charge in [-0.05, 0) is 58.8 Å². The van der Waals surface area contributed by atoms with Crippen LogP contribution in [0.25, 0.3) is 0 Å². The lowest BCUT2D eigenvalue weighted by molar-refractivity contribution is -0.145. The molecule has 1 saturated carbocycles. The number of likely N-dealkylation sites (tertiary alicyclic amines) is 1. The molecule has 4 amide bonds. The van der Waals surface area contributed by atoms with E-state index in [1.54, 1.807) is 20.8 Å². The largest absolute Gasteiger partial charge is 0.480 e. The highest BCUT2D eigenvalue weighted by Gasteiger charge is 2.42. The van der Waals surface area contributed by atoms with Crippen LogP contribution in [-0.4, -0.2) is 83.5 Å². The lowest BCUT2D eigenvalue weighted by Gasteiger charge is -2.39. The molecule has 0 aromatic carbocycles. The summed E-state index contributed by atoms with van der Waals surface area (Å²) in [6.45, 7) is 8.88. The van der Waals surface area contributed by atoms with Crippen molar-refractivity contribution in [2.75, 3.05) is 18.8 Å². The number of rotatable bonds is 15. The van der Waals surface area contributed by atoms with E-state index >= 15 is 0 Å². The van der Waals surface area contributed by atoms with Gasteiger partial charge in [-0.2, -0.15) is 0 Å². The summed E-state index contributed by atoms with van der Waals surface area (Å²) in [7, 11) is -3.50. The number of hydrogen-bond acceptors (Lipinski definition) is 6. The molecule has 3 atom stereocenters. The van der Waals surface area contributed by atoms with Crippen molar-refractivity contribution in [1.82, 2.24) is 20.9 Å². The van der Waals surface area contributed by atoms with E-state index in [0.717, 1.165) is 51.4 Å². The first-order chi connectivity index (χ1) is 19.6. The van der Waals surface area contributed by atoms with E-state index < -0.39 is 56.0 Å². The van der Waals surface area contributed by atoms with E-state index in [0.29, 0.717) is 38.6 Å². The van der Waals surface area contributed by atoms with E-state index in [4.69, 9.17) is 0 Å². The first kappa shape index (κ1) is 35.8. The molecule has 0 aromatic rings. The molecule has 1 heterocycles. The fourth-order valence-corrected chi connectivity index (χ4v) is 7.45. The number of carbonyl (C=O) groups excluding carboxylic acids is 3. The summed E-state index contributed by atoms with van der Waals surface area (Å²) < 4.78 is 25.0. The maximum absolute atomic E-state index is 13.1. The van der Waals surface area contributed by atoms with E-state index in [1.807, 2.05) is 6.92 Å². The maximum Gasteiger partial charge on any atom is 0.326 e. The third-order valence-electron chi connectivity index (χ3n) is 8.76. The molecule has 2 fully saturated rings. The van der Waals surface area contributed by atoms with Gasteiger partial charge in [0.2, 0.25) is 11.8 Å². The van der Waals surface area contributed by atoms with Gasteiger partial charge in [-0.15, -0.1) is 0 Å². The van der Waals surface area contributed by atoms with Crippen molar-refractivity contribution in [2.45, 2.75) is 140 Å². The number of sulfone groups is 1. The van der Waals surface area contributed by atoms with E-state index in [9.17, 15) is 32.7 Å². The number of aliphatic carboxylic acids is 1. The van der Waals surface area contributed by atoms with Crippen molar-refractivity contribution in [2.24, 2.45) is 5.92 Å². The number of nitrogens with one attached hydrogen (secondary N) is 3. The minimum absolute atomic E-state index is 0.166. The van der Waals surface area contributed by atoms with Crippen molar-refractivity contribution < 1.29 is 32.7 Å². The zero-order chi connectivity index (χ0) is 31.6. The fourth-order valence-electron chi connectivity index (χ4n) is 5.93. The van der Waals surface area contributed by atoms with Crippen molar-refractivity contribution in [3.05, 3.63) is 0 Å². The van der Waals surface area contributed by atoms with Crippen LogP contribution in [-0.2, 0) is 24.2 Å². The Morgan fingerprint density at radius 2 is 1.64 bits per heavy atom. The van der Waals surface area contributed by atoms with Gasteiger partial charge in [-0.1, -0.05) is 65.2 Å². The van der Waals surface area contributed by atoms with Gasteiger partial charge in [0.1, 0.15) is 12.1 Å². The van der Waals surface area contributed by atoms with Gasteiger partial charge in [-0.3, -0.25) is 9.59 Å². The molecule has 2 aliphatic rings. The van der Waals surface area contributed by atoms with Gasteiger partial charge in [0.25, 0.3) is 0 Å². The van der Waals surface area contributed by atoms with E-state index in [1.165, 1.54) is 4.90 Å². The van der Waals surface area contributed by atoms with Gasteiger partial charge in [-0.25, -0.2) is 18.0 Å². The Bertz CT molecular complexity index is 1030. The topological polar surface area (TPSA) is 162 Å². The Hall–Kier alpha value is -2.37. The van der Waals surface area contributed by atoms with Crippen molar-refractivity contribution >= 4 is 33.7 Å². The number of carbonyl (C=O) groups is 4. The van der Waals surface area contributed by atoms with E-state index in [2.05, 4.69) is 22.9 Å². The molecule has 1 aliphatic carbocycles. The molecule has 2 rings (SSSR count). The molecule has 0 bridgehead atoms. The summed E-state index contributed by atoms with van der Waals surface area (Å²) in [6.07, 6.45) is 10.7. The number of carboxylic acids is 1. The molecular formula is C30H54N4O7S. The van der Waals surface area contributed by atoms with E-state index in [-0.39, 0.29) is 18.2 Å². The molecule has 0 radical (unpaired) electrons. The number of nitrogens with zero attached hydrogens (tertiary/aromatic N) is 1. The van der Waals surface area contributed by atoms with Crippen LogP contribution in [0.5, 0.6) is 0 Å². The number of carboxylic acid groups (broad SMARTS) is 1. The summed E-state index contributed by atoms with van der Waals surface area (Å²) in [5.74, 6) is -2.45. The lowest BCUT2D eigenvalue weighted by Crippen LogP contribution is -2.59. The second-order valence-corrected chi connectivity index (χ2v) is 16.0. The van der Waals surface area contributed by atoms with Crippen LogP contribution in [0.15, 0.2) is 0 Å². The van der Waals surface area contributed by atoms with Gasteiger partial charge in [0.15, 0.2) is 9.84 Å². The predicted octanol–water partition coefficient (Wildman–Crippen LogP) is 3.76. The molecule has 0 spiro atoms. The second-order valence-electron chi connectivity index (χ2n) is 13.3. The zero-order valence-corrected chi connectivity index (χ0v) is 27.1. The quantitative estimate of drug-likeness (QED) is 0.204. The summed E-state index contributed by atoms with van der Waals surface area (Å²) in [5.41, 5.74) is -0.897. The van der Waals surface area contributed by atoms with Crippen LogP contribution in [0.2, 0.25) is 0 Å². The van der Waals surface area contributed by atoms with Gasteiger partial charge < -0.3 is 26.0 Å². The summed E-state index contributed by atoms with van der Waals surface area (Å²) in [5, 5.41) is 17.9. The Labute approximate surface area is 252 Å². The first-order valence-electron chi connectivity index (χ1n) is 15.7. The Kier molecular flexibility index (Phi) is 13.6. The Morgan fingerprint density at radius 3 is 2.24 bits per heavy atom. The average molecular weight is 615 g/mol. The molecule has 42 heavy (non-hydrogen) atoms. The normalized spacial score (nSPS) is 20.4. The molecule has 1 saturated heterocycles. The average Bonchev–Trinajstić information content (AvgIpc) is 3.39. The van der Waals surface area contributed by atoms with Crippen LogP contribution >= 0.6 is 0 Å². The molecule has 12 heteroatoms. The molecule has 4 N–H and O–H groups in total. The van der Waals surface area contributed by atoms with Crippen LogP contribution < -0.4 is 16.0 Å².